The quantitative estimate of drug-likeness (QED) is 0.796. The Morgan fingerprint density at radius 1 is 1.00 bits per heavy atom. The van der Waals surface area contributed by atoms with Crippen molar-refractivity contribution in [3.8, 4) is 0 Å². The Labute approximate surface area is 121 Å². The van der Waals surface area contributed by atoms with Crippen molar-refractivity contribution in [3.63, 3.8) is 0 Å². The van der Waals surface area contributed by atoms with Gasteiger partial charge < -0.3 is 4.90 Å². The Bertz CT molecular complexity index is 545. The number of pyridine rings is 1. The van der Waals surface area contributed by atoms with Gasteiger partial charge in [-0.05, 0) is 6.07 Å². The first kappa shape index (κ1) is 13.1. The summed E-state index contributed by atoms with van der Waals surface area (Å²) in [5.74, 6) is 1.33. The molecule has 0 atom stereocenters. The van der Waals surface area contributed by atoms with Crippen molar-refractivity contribution in [2.75, 3.05) is 31.1 Å². The molecule has 2 aromatic rings. The van der Waals surface area contributed by atoms with Crippen LogP contribution in [0.15, 0.2) is 54.7 Å². The summed E-state index contributed by atoms with van der Waals surface area (Å²) in [6, 6.07) is 17.2. The highest BCUT2D eigenvalue weighted by molar-refractivity contribution is 5.32. The van der Waals surface area contributed by atoms with E-state index in [1.54, 1.807) is 4.90 Å². The Hall–Kier alpha value is -1.87. The third-order valence-electron chi connectivity index (χ3n) is 4.12. The Balaban J connectivity index is 1.59. The Kier molecular flexibility index (Phi) is 3.97. The van der Waals surface area contributed by atoms with Crippen LogP contribution in [0.1, 0.15) is 5.56 Å². The van der Waals surface area contributed by atoms with E-state index in [-0.39, 0.29) is 0 Å². The number of benzene rings is 1. The lowest BCUT2D eigenvalue weighted by atomic mass is 10.2. The van der Waals surface area contributed by atoms with Crippen LogP contribution in [0.5, 0.6) is 0 Å². The van der Waals surface area contributed by atoms with Crippen LogP contribution in [0.3, 0.4) is 0 Å². The minimum atomic E-state index is 1.14. The van der Waals surface area contributed by atoms with E-state index >= 15 is 0 Å². The lowest BCUT2D eigenvalue weighted by molar-refractivity contribution is -0.914. The van der Waals surface area contributed by atoms with Gasteiger partial charge in [0.15, 0.2) is 0 Å². The van der Waals surface area contributed by atoms with Gasteiger partial charge in [0, 0.05) is 11.6 Å². The molecular weight excluding hydrogens is 246 g/mol. The topological polar surface area (TPSA) is 11.6 Å². The number of hydrogen-bond donors (Lipinski definition) is 1. The summed E-state index contributed by atoms with van der Waals surface area (Å²) in [7, 11) is 2.12. The Morgan fingerprint density at radius 2 is 1.70 bits per heavy atom. The summed E-state index contributed by atoms with van der Waals surface area (Å²) in [4.78, 5) is 4.18. The highest BCUT2D eigenvalue weighted by atomic mass is 15.3. The van der Waals surface area contributed by atoms with Crippen molar-refractivity contribution in [2.24, 2.45) is 7.05 Å². The SMILES string of the molecule is C[n+]1ccccc1N1CC[NH+](Cc2ccccc2)CC1. The minimum absolute atomic E-state index is 1.14. The van der Waals surface area contributed by atoms with Gasteiger partial charge >= 0.3 is 0 Å². The number of aromatic nitrogens is 1. The molecule has 1 N–H and O–H groups in total. The van der Waals surface area contributed by atoms with E-state index in [4.69, 9.17) is 0 Å². The molecule has 3 rings (SSSR count). The molecule has 0 aliphatic carbocycles. The van der Waals surface area contributed by atoms with Crippen LogP contribution in [0.4, 0.5) is 5.82 Å². The zero-order chi connectivity index (χ0) is 13.8. The molecule has 3 nitrogen and oxygen atoms in total. The van der Waals surface area contributed by atoms with E-state index in [1.165, 1.54) is 24.5 Å². The molecule has 1 fully saturated rings. The monoisotopic (exact) mass is 269 g/mol. The van der Waals surface area contributed by atoms with E-state index in [9.17, 15) is 0 Å². The second-order valence-electron chi connectivity index (χ2n) is 5.57. The third kappa shape index (κ3) is 2.99. The lowest BCUT2D eigenvalue weighted by Gasteiger charge is -2.29. The van der Waals surface area contributed by atoms with Gasteiger partial charge in [0.05, 0.1) is 13.2 Å². The predicted octanol–water partition coefficient (Wildman–Crippen LogP) is 0.416. The first-order valence-corrected chi connectivity index (χ1v) is 7.40. The fourth-order valence-electron chi connectivity index (χ4n) is 2.96. The number of nitrogens with one attached hydrogen (secondary N) is 1. The summed E-state index contributed by atoms with van der Waals surface area (Å²) >= 11 is 0. The van der Waals surface area contributed by atoms with Gasteiger partial charge in [-0.3, -0.25) is 4.90 Å². The third-order valence-corrected chi connectivity index (χ3v) is 4.12. The minimum Gasteiger partial charge on any atom is -0.325 e. The molecule has 2 heterocycles. The molecule has 0 radical (unpaired) electrons. The summed E-state index contributed by atoms with van der Waals surface area (Å²) < 4.78 is 2.21. The van der Waals surface area contributed by atoms with Crippen molar-refractivity contribution in [1.82, 2.24) is 0 Å². The number of anilines is 1. The largest absolute Gasteiger partial charge is 0.325 e. The van der Waals surface area contributed by atoms with Gasteiger partial charge in [0.2, 0.25) is 0 Å². The van der Waals surface area contributed by atoms with E-state index in [1.807, 2.05) is 0 Å². The molecule has 0 amide bonds. The highest BCUT2D eigenvalue weighted by Crippen LogP contribution is 2.06. The summed E-state index contributed by atoms with van der Waals surface area (Å²) in [5.41, 5.74) is 1.45. The standard InChI is InChI=1S/C17H22N3/c1-18-10-6-5-9-17(18)20-13-11-19(12-14-20)15-16-7-3-2-4-8-16/h2-10H,11-15H2,1H3/q+1/p+1. The van der Waals surface area contributed by atoms with Crippen LogP contribution in [0, 0.1) is 0 Å². The van der Waals surface area contributed by atoms with Crippen LogP contribution < -0.4 is 14.4 Å². The molecular formula is C17H23N3+2. The maximum absolute atomic E-state index is 2.49. The second kappa shape index (κ2) is 6.06. The molecule has 104 valence electrons. The molecule has 1 aliphatic rings. The summed E-state index contributed by atoms with van der Waals surface area (Å²) in [6.07, 6.45) is 2.12. The van der Waals surface area contributed by atoms with Gasteiger partial charge in [-0.1, -0.05) is 36.4 Å². The van der Waals surface area contributed by atoms with Gasteiger partial charge in [0.25, 0.3) is 5.82 Å². The van der Waals surface area contributed by atoms with Crippen LogP contribution in [-0.2, 0) is 13.6 Å². The number of nitrogens with zero attached hydrogens (tertiary/aromatic N) is 2. The number of rotatable bonds is 3. The van der Waals surface area contributed by atoms with E-state index in [2.05, 4.69) is 71.2 Å². The van der Waals surface area contributed by atoms with Gasteiger partial charge in [-0.15, -0.1) is 0 Å². The highest BCUT2D eigenvalue weighted by Gasteiger charge is 2.26. The molecule has 3 heteroatoms. The van der Waals surface area contributed by atoms with Crippen LogP contribution >= 0.6 is 0 Å². The molecule has 1 aromatic heterocycles. The van der Waals surface area contributed by atoms with Gasteiger partial charge in [0.1, 0.15) is 32.7 Å². The molecule has 1 saturated heterocycles. The molecule has 20 heavy (non-hydrogen) atoms. The fourth-order valence-corrected chi connectivity index (χ4v) is 2.96. The van der Waals surface area contributed by atoms with Crippen LogP contribution in [0.25, 0.3) is 0 Å². The van der Waals surface area contributed by atoms with E-state index in [0.717, 1.165) is 19.6 Å². The lowest BCUT2D eigenvalue weighted by Crippen LogP contribution is -3.13. The average molecular weight is 269 g/mol. The smallest absolute Gasteiger partial charge is 0.276 e. The molecule has 0 bridgehead atoms. The number of hydrogen-bond acceptors (Lipinski definition) is 1. The molecule has 0 unspecified atom stereocenters. The first-order chi connectivity index (χ1) is 9.83. The van der Waals surface area contributed by atoms with Crippen molar-refractivity contribution in [1.29, 1.82) is 0 Å². The zero-order valence-corrected chi connectivity index (χ0v) is 12.1. The van der Waals surface area contributed by atoms with Crippen molar-refractivity contribution in [2.45, 2.75) is 6.54 Å². The van der Waals surface area contributed by atoms with Crippen molar-refractivity contribution >= 4 is 5.82 Å². The second-order valence-corrected chi connectivity index (χ2v) is 5.57. The van der Waals surface area contributed by atoms with Gasteiger partial charge in [-0.2, -0.15) is 0 Å². The summed E-state index contributed by atoms with van der Waals surface area (Å²) in [5, 5.41) is 0. The summed E-state index contributed by atoms with van der Waals surface area (Å²) in [6.45, 7) is 5.85. The molecule has 1 aliphatic heterocycles. The predicted molar refractivity (Wildman–Crippen MR) is 80.7 cm³/mol. The number of quaternary nitrogens is 1. The van der Waals surface area contributed by atoms with Gasteiger partial charge in [-0.25, -0.2) is 4.57 Å². The van der Waals surface area contributed by atoms with E-state index in [0.29, 0.717) is 0 Å². The molecule has 1 aromatic carbocycles. The maximum atomic E-state index is 2.49. The molecule has 0 saturated carbocycles. The molecule has 0 spiro atoms. The van der Waals surface area contributed by atoms with Crippen molar-refractivity contribution in [3.05, 3.63) is 60.3 Å². The zero-order valence-electron chi connectivity index (χ0n) is 12.1. The normalized spacial score (nSPS) is 16.4. The van der Waals surface area contributed by atoms with E-state index < -0.39 is 0 Å². The first-order valence-electron chi connectivity index (χ1n) is 7.40. The van der Waals surface area contributed by atoms with Crippen LogP contribution in [0.2, 0.25) is 0 Å². The maximum Gasteiger partial charge on any atom is 0.276 e. The number of piperazine rings is 1. The fraction of sp³-hybridized carbons (Fsp3) is 0.353. The van der Waals surface area contributed by atoms with Crippen molar-refractivity contribution < 1.29 is 9.47 Å². The number of aryl methyl sites for hydroxylation is 1. The van der Waals surface area contributed by atoms with Crippen LogP contribution in [-0.4, -0.2) is 26.2 Å². The Morgan fingerprint density at radius 3 is 2.40 bits per heavy atom. The average Bonchev–Trinajstić information content (AvgIpc) is 2.50.